The standard InChI is InChI=1S/C25H24F5N4O3P/c1-3-4-12-33-21(35)19-20(32(2)23(33)36)31-22(37-18-7-5-6-17(13-18)24(26,27)28)34(19)14-15-8-10-16(11-9-15)25(29,30)38/h5-11,13H,3-4,12,14,38H2,1-2H3. The fourth-order valence-corrected chi connectivity index (χ4v) is 4.14. The number of aromatic nitrogens is 4. The fourth-order valence-electron chi connectivity index (χ4n) is 3.95. The lowest BCUT2D eigenvalue weighted by atomic mass is 10.1. The third kappa shape index (κ3) is 5.50. The summed E-state index contributed by atoms with van der Waals surface area (Å²) >= 11 is 0. The number of aryl methyl sites for hydroxylation is 1. The van der Waals surface area contributed by atoms with Crippen LogP contribution in [0.5, 0.6) is 11.8 Å². The molecule has 2 aromatic heterocycles. The first kappa shape index (κ1) is 27.5. The molecule has 2 aromatic carbocycles. The van der Waals surface area contributed by atoms with Crippen molar-refractivity contribution in [3.05, 3.63) is 86.1 Å². The molecule has 0 aliphatic rings. The molecule has 4 aromatic rings. The monoisotopic (exact) mass is 554 g/mol. The summed E-state index contributed by atoms with van der Waals surface area (Å²) in [4.78, 5) is 30.6. The van der Waals surface area contributed by atoms with Gasteiger partial charge in [-0.3, -0.25) is 18.5 Å². The number of hydrogen-bond acceptors (Lipinski definition) is 4. The number of nitrogens with zero attached hydrogens (tertiary/aromatic N) is 4. The number of unbranched alkanes of at least 4 members (excludes halogenated alkanes) is 1. The second-order valence-corrected chi connectivity index (χ2v) is 9.48. The Hall–Kier alpha value is -3.53. The molecule has 0 aliphatic heterocycles. The number of alkyl halides is 5. The average molecular weight is 554 g/mol. The molecule has 0 saturated heterocycles. The van der Waals surface area contributed by atoms with E-state index in [1.807, 2.05) is 6.92 Å². The smallest absolute Gasteiger partial charge is 0.416 e. The molecular weight excluding hydrogens is 530 g/mol. The molecule has 0 saturated carbocycles. The van der Waals surface area contributed by atoms with E-state index in [-0.39, 0.29) is 41.6 Å². The Morgan fingerprint density at radius 3 is 2.26 bits per heavy atom. The van der Waals surface area contributed by atoms with Gasteiger partial charge in [-0.25, -0.2) is 4.79 Å². The third-order valence-corrected chi connectivity index (χ3v) is 6.32. The molecule has 2 heterocycles. The van der Waals surface area contributed by atoms with E-state index in [0.717, 1.165) is 23.1 Å². The maximum Gasteiger partial charge on any atom is 0.416 e. The van der Waals surface area contributed by atoms with Crippen LogP contribution in [-0.4, -0.2) is 18.7 Å². The van der Waals surface area contributed by atoms with Gasteiger partial charge < -0.3 is 4.74 Å². The zero-order valence-electron chi connectivity index (χ0n) is 20.4. The van der Waals surface area contributed by atoms with Crippen LogP contribution in [0.1, 0.15) is 36.5 Å². The second-order valence-electron chi connectivity index (χ2n) is 8.75. The van der Waals surface area contributed by atoms with Gasteiger partial charge in [0.2, 0.25) is 0 Å². The summed E-state index contributed by atoms with van der Waals surface area (Å²) in [6.07, 6.45) is -3.33. The lowest BCUT2D eigenvalue weighted by Gasteiger charge is -2.14. The molecule has 38 heavy (non-hydrogen) atoms. The van der Waals surface area contributed by atoms with E-state index in [0.29, 0.717) is 12.0 Å². The minimum absolute atomic E-state index is 0.00867. The first-order valence-corrected chi connectivity index (χ1v) is 12.2. The van der Waals surface area contributed by atoms with E-state index in [9.17, 15) is 31.5 Å². The summed E-state index contributed by atoms with van der Waals surface area (Å²) in [5, 5.41) is 0. The van der Waals surface area contributed by atoms with Crippen molar-refractivity contribution in [3.63, 3.8) is 0 Å². The number of fused-ring (bicyclic) bond motifs is 1. The lowest BCUT2D eigenvalue weighted by molar-refractivity contribution is -0.137. The van der Waals surface area contributed by atoms with Crippen molar-refractivity contribution in [2.75, 3.05) is 0 Å². The zero-order valence-corrected chi connectivity index (χ0v) is 21.6. The molecule has 0 amide bonds. The molecule has 0 bridgehead atoms. The van der Waals surface area contributed by atoms with E-state index in [1.165, 1.54) is 61.8 Å². The summed E-state index contributed by atoms with van der Waals surface area (Å²) in [7, 11) is 2.87. The molecule has 13 heteroatoms. The minimum atomic E-state index is -4.61. The van der Waals surface area contributed by atoms with Crippen LogP contribution in [0.15, 0.2) is 58.1 Å². The molecule has 0 fully saturated rings. The van der Waals surface area contributed by atoms with Gasteiger partial charge in [0.05, 0.1) is 12.1 Å². The van der Waals surface area contributed by atoms with Gasteiger partial charge in [0.15, 0.2) is 11.2 Å². The van der Waals surface area contributed by atoms with Crippen molar-refractivity contribution >= 4 is 20.4 Å². The van der Waals surface area contributed by atoms with Crippen LogP contribution in [0.2, 0.25) is 0 Å². The van der Waals surface area contributed by atoms with Gasteiger partial charge in [0, 0.05) is 19.2 Å². The number of ether oxygens (including phenoxy) is 1. The summed E-state index contributed by atoms with van der Waals surface area (Å²) in [6, 6.07) is 9.23. The molecule has 1 unspecified atom stereocenters. The van der Waals surface area contributed by atoms with Gasteiger partial charge in [-0.15, -0.1) is 0 Å². The van der Waals surface area contributed by atoms with E-state index in [4.69, 9.17) is 4.74 Å². The molecule has 0 radical (unpaired) electrons. The second kappa shape index (κ2) is 10.3. The van der Waals surface area contributed by atoms with E-state index in [1.54, 1.807) is 0 Å². The van der Waals surface area contributed by atoms with E-state index >= 15 is 0 Å². The summed E-state index contributed by atoms with van der Waals surface area (Å²) in [5.74, 6) is -0.189. The van der Waals surface area contributed by atoms with Crippen LogP contribution >= 0.6 is 9.24 Å². The Morgan fingerprint density at radius 1 is 0.974 bits per heavy atom. The lowest BCUT2D eigenvalue weighted by Crippen LogP contribution is -2.39. The average Bonchev–Trinajstić information content (AvgIpc) is 3.20. The highest BCUT2D eigenvalue weighted by atomic mass is 31.0. The first-order chi connectivity index (χ1) is 17.8. The highest BCUT2D eigenvalue weighted by Gasteiger charge is 2.31. The van der Waals surface area contributed by atoms with Gasteiger partial charge in [-0.05, 0) is 30.2 Å². The predicted octanol–water partition coefficient (Wildman–Crippen LogP) is 5.48. The van der Waals surface area contributed by atoms with Crippen molar-refractivity contribution in [1.29, 1.82) is 0 Å². The molecular formula is C25H24F5N4O3P. The van der Waals surface area contributed by atoms with E-state index < -0.39 is 28.7 Å². The van der Waals surface area contributed by atoms with Gasteiger partial charge in [-0.1, -0.05) is 52.9 Å². The highest BCUT2D eigenvalue weighted by Crippen LogP contribution is 2.35. The highest BCUT2D eigenvalue weighted by molar-refractivity contribution is 7.17. The normalized spacial score (nSPS) is 12.3. The van der Waals surface area contributed by atoms with Gasteiger partial charge in [0.1, 0.15) is 5.75 Å². The number of imidazole rings is 1. The summed E-state index contributed by atoms with van der Waals surface area (Å²) in [5.41, 5.74) is -5.11. The molecule has 7 nitrogen and oxygen atoms in total. The van der Waals surface area contributed by atoms with Crippen LogP contribution in [0.3, 0.4) is 0 Å². The van der Waals surface area contributed by atoms with Crippen LogP contribution in [0.25, 0.3) is 11.2 Å². The van der Waals surface area contributed by atoms with Crippen LogP contribution in [-0.2, 0) is 32.0 Å². The molecule has 202 valence electrons. The maximum atomic E-state index is 13.6. The van der Waals surface area contributed by atoms with Crippen LogP contribution < -0.4 is 16.0 Å². The van der Waals surface area contributed by atoms with Gasteiger partial charge in [0.25, 0.3) is 11.2 Å². The molecule has 1 atom stereocenters. The Balaban J connectivity index is 1.89. The summed E-state index contributed by atoms with van der Waals surface area (Å²) in [6.45, 7) is 1.97. The zero-order chi connectivity index (χ0) is 27.8. The topological polar surface area (TPSA) is 71.1 Å². The van der Waals surface area contributed by atoms with E-state index in [2.05, 4.69) is 4.98 Å². The minimum Gasteiger partial charge on any atom is -0.425 e. The van der Waals surface area contributed by atoms with Crippen molar-refractivity contribution in [3.8, 4) is 11.8 Å². The Morgan fingerprint density at radius 2 is 1.66 bits per heavy atom. The summed E-state index contributed by atoms with van der Waals surface area (Å²) < 4.78 is 76.3. The SMILES string of the molecule is CCCCn1c(=O)c2c(nc(Oc3cccc(C(F)(F)F)c3)n2Cc2ccc(C(F)(F)P)cc2)n(C)c1=O. The molecule has 0 aliphatic carbocycles. The van der Waals surface area contributed by atoms with Crippen LogP contribution in [0.4, 0.5) is 22.0 Å². The predicted molar refractivity (Wildman–Crippen MR) is 135 cm³/mol. The molecule has 4 rings (SSSR count). The van der Waals surface area contributed by atoms with Gasteiger partial charge >= 0.3 is 17.9 Å². The number of halogens is 5. The number of rotatable bonds is 8. The van der Waals surface area contributed by atoms with Crippen molar-refractivity contribution in [2.45, 2.75) is 44.7 Å². The fraction of sp³-hybridized carbons (Fsp3) is 0.320. The Labute approximate surface area is 215 Å². The number of hydrogen-bond donors (Lipinski definition) is 0. The maximum absolute atomic E-state index is 13.6. The molecule has 0 N–H and O–H groups in total. The van der Waals surface area contributed by atoms with Crippen molar-refractivity contribution < 1.29 is 26.7 Å². The van der Waals surface area contributed by atoms with Crippen molar-refractivity contribution in [2.24, 2.45) is 7.05 Å². The first-order valence-electron chi connectivity index (χ1n) is 11.6. The largest absolute Gasteiger partial charge is 0.425 e. The molecule has 0 spiro atoms. The third-order valence-electron chi connectivity index (χ3n) is 5.98. The van der Waals surface area contributed by atoms with Gasteiger partial charge in [-0.2, -0.15) is 26.9 Å². The number of benzene rings is 2. The quantitative estimate of drug-likeness (QED) is 0.214. The van der Waals surface area contributed by atoms with Crippen LogP contribution in [0, 0.1) is 0 Å². The van der Waals surface area contributed by atoms with Crippen molar-refractivity contribution in [1.82, 2.24) is 18.7 Å². The Bertz CT molecular complexity index is 1580. The Kier molecular flexibility index (Phi) is 7.47.